The first kappa shape index (κ1) is 15.5. The lowest BCUT2D eigenvalue weighted by Crippen LogP contribution is -2.45. The van der Waals surface area contributed by atoms with E-state index in [9.17, 15) is 9.59 Å². The largest absolute Gasteiger partial charge is 0.343 e. The van der Waals surface area contributed by atoms with Crippen LogP contribution in [0.2, 0.25) is 0 Å². The van der Waals surface area contributed by atoms with Crippen LogP contribution in [0.3, 0.4) is 0 Å². The fraction of sp³-hybridized carbons (Fsp3) is 0.562. The van der Waals surface area contributed by atoms with Crippen LogP contribution in [0.4, 0.5) is 0 Å². The van der Waals surface area contributed by atoms with E-state index in [2.05, 4.69) is 4.98 Å². The Bertz CT molecular complexity index is 494. The molecule has 0 saturated carbocycles. The summed E-state index contributed by atoms with van der Waals surface area (Å²) < 4.78 is 0. The van der Waals surface area contributed by atoms with E-state index in [0.29, 0.717) is 18.8 Å². The first-order chi connectivity index (χ1) is 10.0. The highest BCUT2D eigenvalue weighted by Crippen LogP contribution is 2.21. The van der Waals surface area contributed by atoms with Gasteiger partial charge in [-0.25, -0.2) is 0 Å². The third-order valence-corrected chi connectivity index (χ3v) is 4.14. The molecule has 21 heavy (non-hydrogen) atoms. The molecule has 0 radical (unpaired) electrons. The van der Waals surface area contributed by atoms with Crippen LogP contribution in [-0.2, 0) is 4.79 Å². The zero-order chi connectivity index (χ0) is 15.4. The number of aromatic nitrogens is 1. The van der Waals surface area contributed by atoms with Gasteiger partial charge in [0, 0.05) is 38.3 Å². The fourth-order valence-electron chi connectivity index (χ4n) is 2.52. The minimum atomic E-state index is -0.0429. The Morgan fingerprint density at radius 2 is 1.95 bits per heavy atom. The summed E-state index contributed by atoms with van der Waals surface area (Å²) in [5, 5.41) is 0. The number of carbonyl (C=O) groups excluding carboxylic acids is 2. The number of rotatable bonds is 3. The van der Waals surface area contributed by atoms with Crippen LogP contribution in [-0.4, -0.2) is 52.8 Å². The molecule has 0 unspecified atom stereocenters. The lowest BCUT2D eigenvalue weighted by atomic mass is 9.94. The van der Waals surface area contributed by atoms with Crippen LogP contribution in [0.1, 0.15) is 37.2 Å². The molecule has 1 aliphatic heterocycles. The van der Waals surface area contributed by atoms with Crippen LogP contribution in [0.5, 0.6) is 0 Å². The minimum absolute atomic E-state index is 0.0326. The lowest BCUT2D eigenvalue weighted by Gasteiger charge is -2.34. The topological polar surface area (TPSA) is 53.5 Å². The second-order valence-electron chi connectivity index (χ2n) is 5.82. The van der Waals surface area contributed by atoms with E-state index < -0.39 is 0 Å². The Morgan fingerprint density at radius 1 is 1.29 bits per heavy atom. The summed E-state index contributed by atoms with van der Waals surface area (Å²) in [6.45, 7) is 5.27. The van der Waals surface area contributed by atoms with E-state index in [1.165, 1.54) is 0 Å². The molecule has 114 valence electrons. The van der Waals surface area contributed by atoms with E-state index in [-0.39, 0.29) is 23.8 Å². The summed E-state index contributed by atoms with van der Waals surface area (Å²) >= 11 is 0. The van der Waals surface area contributed by atoms with Gasteiger partial charge in [0.1, 0.15) is 5.69 Å². The van der Waals surface area contributed by atoms with Gasteiger partial charge >= 0.3 is 0 Å². The number of nitrogens with zero attached hydrogens (tertiary/aromatic N) is 3. The first-order valence-corrected chi connectivity index (χ1v) is 7.47. The fourth-order valence-corrected chi connectivity index (χ4v) is 2.52. The van der Waals surface area contributed by atoms with E-state index in [1.807, 2.05) is 27.0 Å². The van der Waals surface area contributed by atoms with Gasteiger partial charge in [0.05, 0.1) is 0 Å². The summed E-state index contributed by atoms with van der Waals surface area (Å²) in [5.41, 5.74) is 0.474. The van der Waals surface area contributed by atoms with Gasteiger partial charge in [0.25, 0.3) is 5.91 Å². The van der Waals surface area contributed by atoms with Crippen molar-refractivity contribution in [2.45, 2.75) is 32.7 Å². The number of likely N-dealkylation sites (tertiary alicyclic amines) is 1. The van der Waals surface area contributed by atoms with Crippen molar-refractivity contribution in [3.05, 3.63) is 30.1 Å². The number of amides is 2. The van der Waals surface area contributed by atoms with Crippen LogP contribution in [0, 0.1) is 5.92 Å². The molecule has 0 spiro atoms. The molecule has 0 aromatic carbocycles. The standard InChI is InChI=1S/C16H23N3O2/c1-12(2)18(3)15(20)13-7-10-19(11-8-13)16(21)14-6-4-5-9-17-14/h4-6,9,12-13H,7-8,10-11H2,1-3H3. The van der Waals surface area contributed by atoms with Crippen molar-refractivity contribution in [1.29, 1.82) is 0 Å². The Hall–Kier alpha value is -1.91. The van der Waals surface area contributed by atoms with Gasteiger partial charge in [-0.15, -0.1) is 0 Å². The van der Waals surface area contributed by atoms with Gasteiger partial charge in [-0.05, 0) is 38.8 Å². The number of pyridine rings is 1. The van der Waals surface area contributed by atoms with Crippen molar-refractivity contribution < 1.29 is 9.59 Å². The van der Waals surface area contributed by atoms with Gasteiger partial charge in [0.2, 0.25) is 5.91 Å². The Kier molecular flexibility index (Phi) is 4.94. The summed E-state index contributed by atoms with van der Waals surface area (Å²) in [6.07, 6.45) is 3.09. The zero-order valence-electron chi connectivity index (χ0n) is 13.0. The molecule has 1 aromatic rings. The smallest absolute Gasteiger partial charge is 0.272 e. The molecule has 0 atom stereocenters. The van der Waals surface area contributed by atoms with Gasteiger partial charge in [0.15, 0.2) is 0 Å². The van der Waals surface area contributed by atoms with E-state index in [0.717, 1.165) is 12.8 Å². The average Bonchev–Trinajstić information content (AvgIpc) is 2.53. The maximum Gasteiger partial charge on any atom is 0.272 e. The lowest BCUT2D eigenvalue weighted by molar-refractivity contribution is -0.137. The van der Waals surface area contributed by atoms with E-state index in [1.54, 1.807) is 28.1 Å². The predicted molar refractivity (Wildman–Crippen MR) is 80.8 cm³/mol. The Balaban J connectivity index is 1.92. The molecular formula is C16H23N3O2. The zero-order valence-corrected chi connectivity index (χ0v) is 13.0. The Labute approximate surface area is 126 Å². The summed E-state index contributed by atoms with van der Waals surface area (Å²) in [7, 11) is 1.85. The van der Waals surface area contributed by atoms with Crippen molar-refractivity contribution in [3.8, 4) is 0 Å². The van der Waals surface area contributed by atoms with E-state index >= 15 is 0 Å². The molecule has 5 heteroatoms. The van der Waals surface area contributed by atoms with E-state index in [4.69, 9.17) is 0 Å². The summed E-state index contributed by atoms with van der Waals surface area (Å²) in [4.78, 5) is 32.3. The number of piperidine rings is 1. The molecule has 0 aliphatic carbocycles. The van der Waals surface area contributed by atoms with Crippen molar-refractivity contribution >= 4 is 11.8 Å². The molecule has 2 amide bonds. The predicted octanol–water partition coefficient (Wildman–Crippen LogP) is 1.80. The van der Waals surface area contributed by atoms with Crippen molar-refractivity contribution in [2.24, 2.45) is 5.92 Å². The summed E-state index contributed by atoms with van der Waals surface area (Å²) in [6, 6.07) is 5.55. The summed E-state index contributed by atoms with van der Waals surface area (Å²) in [5.74, 6) is 0.179. The van der Waals surface area contributed by atoms with Crippen LogP contribution >= 0.6 is 0 Å². The second kappa shape index (κ2) is 6.70. The first-order valence-electron chi connectivity index (χ1n) is 7.47. The molecule has 5 nitrogen and oxygen atoms in total. The van der Waals surface area contributed by atoms with Crippen LogP contribution < -0.4 is 0 Å². The van der Waals surface area contributed by atoms with Gasteiger partial charge < -0.3 is 9.80 Å². The van der Waals surface area contributed by atoms with Gasteiger partial charge in [-0.1, -0.05) is 6.07 Å². The highest BCUT2D eigenvalue weighted by atomic mass is 16.2. The highest BCUT2D eigenvalue weighted by Gasteiger charge is 2.30. The molecule has 0 N–H and O–H groups in total. The average molecular weight is 289 g/mol. The molecule has 1 aliphatic rings. The number of hydrogen-bond acceptors (Lipinski definition) is 3. The van der Waals surface area contributed by atoms with Gasteiger partial charge in [-0.2, -0.15) is 0 Å². The Morgan fingerprint density at radius 3 is 2.48 bits per heavy atom. The molecule has 0 bridgehead atoms. The monoisotopic (exact) mass is 289 g/mol. The molecule has 1 fully saturated rings. The third kappa shape index (κ3) is 3.60. The third-order valence-electron chi connectivity index (χ3n) is 4.14. The van der Waals surface area contributed by atoms with Crippen molar-refractivity contribution in [3.63, 3.8) is 0 Å². The molecule has 1 saturated heterocycles. The maximum absolute atomic E-state index is 12.3. The molecule has 2 heterocycles. The van der Waals surface area contributed by atoms with Crippen molar-refractivity contribution in [1.82, 2.24) is 14.8 Å². The van der Waals surface area contributed by atoms with Crippen LogP contribution in [0.25, 0.3) is 0 Å². The van der Waals surface area contributed by atoms with Crippen LogP contribution in [0.15, 0.2) is 24.4 Å². The number of hydrogen-bond donors (Lipinski definition) is 0. The molecular weight excluding hydrogens is 266 g/mol. The second-order valence-corrected chi connectivity index (χ2v) is 5.82. The van der Waals surface area contributed by atoms with Gasteiger partial charge in [-0.3, -0.25) is 14.6 Å². The molecule has 1 aromatic heterocycles. The minimum Gasteiger partial charge on any atom is -0.343 e. The SMILES string of the molecule is CC(C)N(C)C(=O)C1CCN(C(=O)c2ccccn2)CC1. The highest BCUT2D eigenvalue weighted by molar-refractivity contribution is 5.92. The number of carbonyl (C=O) groups is 2. The maximum atomic E-state index is 12.3. The quantitative estimate of drug-likeness (QED) is 0.852. The van der Waals surface area contributed by atoms with Crippen molar-refractivity contribution in [2.75, 3.05) is 20.1 Å². The molecule has 2 rings (SSSR count). The normalized spacial score (nSPS) is 16.1.